The van der Waals surface area contributed by atoms with Gasteiger partial charge in [0.1, 0.15) is 6.04 Å². The number of benzene rings is 4. The van der Waals surface area contributed by atoms with Gasteiger partial charge in [0.05, 0.1) is 12.8 Å². The molecule has 212 valence electrons. The highest BCUT2D eigenvalue weighted by atomic mass is 32.2. The molecule has 4 aromatic carbocycles. The highest BCUT2D eigenvalue weighted by Crippen LogP contribution is 2.25. The van der Waals surface area contributed by atoms with E-state index in [4.69, 9.17) is 0 Å². The van der Waals surface area contributed by atoms with E-state index in [1.54, 1.807) is 12.1 Å². The van der Waals surface area contributed by atoms with Gasteiger partial charge in [-0.2, -0.15) is 4.31 Å². The minimum atomic E-state index is -3.74. The van der Waals surface area contributed by atoms with Crippen LogP contribution in [-0.4, -0.2) is 42.2 Å². The lowest BCUT2D eigenvalue weighted by atomic mass is 10.0. The van der Waals surface area contributed by atoms with E-state index in [2.05, 4.69) is 5.32 Å². The van der Waals surface area contributed by atoms with Crippen LogP contribution in [0.25, 0.3) is 0 Å². The third kappa shape index (κ3) is 8.61. The van der Waals surface area contributed by atoms with Crippen molar-refractivity contribution in [2.24, 2.45) is 0 Å². The quantitative estimate of drug-likeness (QED) is 0.265. The molecule has 0 bridgehead atoms. The van der Waals surface area contributed by atoms with Crippen molar-refractivity contribution in [2.45, 2.75) is 32.6 Å². The Kier molecular flexibility index (Phi) is 10.1. The van der Waals surface area contributed by atoms with Crippen LogP contribution in [0.5, 0.6) is 0 Å². The van der Waals surface area contributed by atoms with E-state index in [1.165, 1.54) is 4.90 Å². The molecule has 0 fully saturated rings. The highest BCUT2D eigenvalue weighted by molar-refractivity contribution is 7.88. The number of nitrogens with one attached hydrogen (secondary N) is 1. The summed E-state index contributed by atoms with van der Waals surface area (Å²) in [5.41, 5.74) is 4.26. The third-order valence-corrected chi connectivity index (χ3v) is 7.96. The molecule has 0 saturated heterocycles. The van der Waals surface area contributed by atoms with Crippen LogP contribution in [0.3, 0.4) is 0 Å². The van der Waals surface area contributed by atoms with Gasteiger partial charge in [-0.25, -0.2) is 8.42 Å². The summed E-state index contributed by atoms with van der Waals surface area (Å²) in [6, 6.07) is 34.5. The van der Waals surface area contributed by atoms with Gasteiger partial charge >= 0.3 is 0 Å². The maximum Gasteiger partial charge on any atom is 0.247 e. The van der Waals surface area contributed by atoms with E-state index in [-0.39, 0.29) is 19.0 Å². The molecule has 1 atom stereocenters. The van der Waals surface area contributed by atoms with Gasteiger partial charge in [-0.1, -0.05) is 121 Å². The van der Waals surface area contributed by atoms with Gasteiger partial charge in [-0.15, -0.1) is 0 Å². The number of nitrogens with zero attached hydrogens (tertiary/aromatic N) is 2. The molecule has 0 aliphatic carbocycles. The average Bonchev–Trinajstić information content (AvgIpc) is 2.97. The number of hydrogen-bond acceptors (Lipinski definition) is 4. The first-order valence-electron chi connectivity index (χ1n) is 13.4. The summed E-state index contributed by atoms with van der Waals surface area (Å²) >= 11 is 0. The number of amides is 2. The zero-order valence-corrected chi connectivity index (χ0v) is 24.1. The van der Waals surface area contributed by atoms with Crippen LogP contribution in [0.15, 0.2) is 115 Å². The maximum absolute atomic E-state index is 14.1. The smallest absolute Gasteiger partial charge is 0.247 e. The Morgan fingerprint density at radius 1 is 0.707 bits per heavy atom. The number of aryl methyl sites for hydroxylation is 1. The largest absolute Gasteiger partial charge is 0.350 e. The van der Waals surface area contributed by atoms with Crippen molar-refractivity contribution in [1.29, 1.82) is 0 Å². The zero-order valence-electron chi connectivity index (χ0n) is 23.3. The van der Waals surface area contributed by atoms with Crippen LogP contribution in [0, 0.1) is 6.92 Å². The fourth-order valence-corrected chi connectivity index (χ4v) is 5.25. The number of hydrogen-bond donors (Lipinski definition) is 1. The fraction of sp³-hybridized carbons (Fsp3) is 0.212. The van der Waals surface area contributed by atoms with Crippen molar-refractivity contribution >= 4 is 21.8 Å². The van der Waals surface area contributed by atoms with E-state index in [0.29, 0.717) is 12.1 Å². The maximum atomic E-state index is 14.1. The van der Waals surface area contributed by atoms with Crippen molar-refractivity contribution in [3.8, 4) is 0 Å². The van der Waals surface area contributed by atoms with Gasteiger partial charge in [-0.05, 0) is 29.2 Å². The first-order chi connectivity index (χ1) is 19.7. The molecule has 8 heteroatoms. The molecule has 0 spiro atoms. The van der Waals surface area contributed by atoms with Gasteiger partial charge in [0.25, 0.3) is 0 Å². The second-order valence-corrected chi connectivity index (χ2v) is 12.0. The molecule has 0 aromatic heterocycles. The molecular weight excluding hydrogens is 534 g/mol. The van der Waals surface area contributed by atoms with E-state index < -0.39 is 28.5 Å². The van der Waals surface area contributed by atoms with Gasteiger partial charge in [0.15, 0.2) is 0 Å². The van der Waals surface area contributed by atoms with Crippen LogP contribution in [-0.2, 0) is 39.2 Å². The molecular formula is C33H35N3O4S. The Bertz CT molecular complexity index is 1530. The number of rotatable bonds is 12. The molecule has 0 unspecified atom stereocenters. The summed E-state index contributed by atoms with van der Waals surface area (Å²) in [4.78, 5) is 29.4. The van der Waals surface area contributed by atoms with Crippen LogP contribution in [0.1, 0.15) is 33.9 Å². The van der Waals surface area contributed by atoms with Crippen LogP contribution >= 0.6 is 0 Å². The average molecular weight is 570 g/mol. The summed E-state index contributed by atoms with van der Waals surface area (Å²) in [7, 11) is -3.74. The summed E-state index contributed by atoms with van der Waals surface area (Å²) in [5.74, 6) is -0.829. The molecule has 0 aliphatic heterocycles. The van der Waals surface area contributed by atoms with Crippen molar-refractivity contribution < 1.29 is 18.0 Å². The molecule has 0 aliphatic rings. The molecule has 0 radical (unpaired) electrons. The van der Waals surface area contributed by atoms with E-state index in [1.807, 2.05) is 110 Å². The summed E-state index contributed by atoms with van der Waals surface area (Å²) in [6.07, 6.45) is 1.09. The highest BCUT2D eigenvalue weighted by Gasteiger charge is 2.33. The molecule has 0 heterocycles. The first-order valence-corrected chi connectivity index (χ1v) is 15.3. The predicted octanol–water partition coefficient (Wildman–Crippen LogP) is 4.84. The van der Waals surface area contributed by atoms with Crippen molar-refractivity contribution in [2.75, 3.05) is 12.8 Å². The lowest BCUT2D eigenvalue weighted by molar-refractivity contribution is -0.141. The normalized spacial score (nSPS) is 12.1. The van der Waals surface area contributed by atoms with Crippen molar-refractivity contribution in [3.05, 3.63) is 143 Å². The van der Waals surface area contributed by atoms with Crippen LogP contribution < -0.4 is 5.32 Å². The second kappa shape index (κ2) is 13.9. The molecule has 4 rings (SSSR count). The summed E-state index contributed by atoms with van der Waals surface area (Å²) < 4.78 is 26.7. The van der Waals surface area contributed by atoms with Crippen LogP contribution in [0.4, 0.5) is 0 Å². The second-order valence-electron chi connectivity index (χ2n) is 10.0. The van der Waals surface area contributed by atoms with Crippen molar-refractivity contribution in [3.63, 3.8) is 0 Å². The molecule has 7 nitrogen and oxygen atoms in total. The van der Waals surface area contributed by atoms with E-state index in [0.717, 1.165) is 32.8 Å². The lowest BCUT2D eigenvalue weighted by Gasteiger charge is -2.33. The number of carbonyl (C=O) groups is 2. The monoisotopic (exact) mass is 569 g/mol. The Hall–Kier alpha value is -4.27. The molecule has 2 amide bonds. The Morgan fingerprint density at radius 2 is 1.22 bits per heavy atom. The van der Waals surface area contributed by atoms with Gasteiger partial charge in [-0.3, -0.25) is 9.59 Å². The standard InChI is InChI=1S/C33H35N3O4S/c1-26-18-20-27(21-19-26)22-34-33(38)32(30-16-10-5-11-17-30)36(24-29-14-8-4-9-15-29)31(37)25-35(41(2,39)40)23-28-12-6-3-7-13-28/h3-21,32H,22-25H2,1-2H3,(H,34,38)/t32-/m1/s1. The van der Waals surface area contributed by atoms with Crippen molar-refractivity contribution in [1.82, 2.24) is 14.5 Å². The summed E-state index contributed by atoms with van der Waals surface area (Å²) in [5, 5.41) is 3.00. The van der Waals surface area contributed by atoms with Gasteiger partial charge < -0.3 is 10.2 Å². The third-order valence-electron chi connectivity index (χ3n) is 6.76. The Balaban J connectivity index is 1.67. The molecule has 0 saturated carbocycles. The fourth-order valence-electron chi connectivity index (χ4n) is 4.52. The van der Waals surface area contributed by atoms with E-state index >= 15 is 0 Å². The molecule has 4 aromatic rings. The minimum absolute atomic E-state index is 0.0419. The summed E-state index contributed by atoms with van der Waals surface area (Å²) in [6.45, 7) is 2.05. The zero-order chi connectivity index (χ0) is 29.2. The Labute approximate surface area is 242 Å². The number of sulfonamides is 1. The van der Waals surface area contributed by atoms with E-state index in [9.17, 15) is 18.0 Å². The van der Waals surface area contributed by atoms with Gasteiger partial charge in [0.2, 0.25) is 21.8 Å². The first kappa shape index (κ1) is 29.7. The SMILES string of the molecule is Cc1ccc(CNC(=O)[C@@H](c2ccccc2)N(Cc2ccccc2)C(=O)CN(Cc2ccccc2)S(C)(=O)=O)cc1. The van der Waals surface area contributed by atoms with Gasteiger partial charge in [0, 0.05) is 19.6 Å². The molecule has 1 N–H and O–H groups in total. The number of carbonyl (C=O) groups excluding carboxylic acids is 2. The lowest BCUT2D eigenvalue weighted by Crippen LogP contribution is -2.47. The minimum Gasteiger partial charge on any atom is -0.350 e. The Morgan fingerprint density at radius 3 is 1.76 bits per heavy atom. The molecule has 41 heavy (non-hydrogen) atoms. The van der Waals surface area contributed by atoms with Crippen LogP contribution in [0.2, 0.25) is 0 Å². The predicted molar refractivity (Wildman–Crippen MR) is 161 cm³/mol. The topological polar surface area (TPSA) is 86.8 Å².